The van der Waals surface area contributed by atoms with Gasteiger partial charge in [0.05, 0.1) is 25.3 Å². The number of benzene rings is 1. The quantitative estimate of drug-likeness (QED) is 0.762. The van der Waals surface area contributed by atoms with Gasteiger partial charge in [-0.05, 0) is 23.8 Å². The van der Waals surface area contributed by atoms with E-state index >= 15 is 0 Å². The Balaban J connectivity index is 2.09. The number of methoxy groups -OCH3 is 2. The third-order valence-corrected chi connectivity index (χ3v) is 3.07. The molecule has 6 nitrogen and oxygen atoms in total. The zero-order valence-electron chi connectivity index (χ0n) is 11.2. The van der Waals surface area contributed by atoms with Gasteiger partial charge < -0.3 is 20.2 Å². The summed E-state index contributed by atoms with van der Waals surface area (Å²) >= 11 is 0. The van der Waals surface area contributed by atoms with Crippen LogP contribution in [0.25, 0.3) is 22.2 Å². The predicted octanol–water partition coefficient (Wildman–Crippen LogP) is 2.22. The summed E-state index contributed by atoms with van der Waals surface area (Å²) in [7, 11) is 3.14. The number of hydrogen-bond acceptors (Lipinski definition) is 5. The summed E-state index contributed by atoms with van der Waals surface area (Å²) in [6, 6.07) is 7.73. The van der Waals surface area contributed by atoms with Crippen LogP contribution in [0.15, 0.2) is 30.5 Å². The van der Waals surface area contributed by atoms with E-state index in [-0.39, 0.29) is 0 Å². The van der Waals surface area contributed by atoms with Gasteiger partial charge in [-0.3, -0.25) is 0 Å². The lowest BCUT2D eigenvalue weighted by Crippen LogP contribution is -1.94. The average Bonchev–Trinajstić information content (AvgIpc) is 2.85. The summed E-state index contributed by atoms with van der Waals surface area (Å²) in [5, 5.41) is 0. The Bertz CT molecular complexity index is 767. The van der Waals surface area contributed by atoms with Crippen LogP contribution in [0.4, 0.5) is 5.95 Å². The second-order valence-corrected chi connectivity index (χ2v) is 4.29. The number of anilines is 1. The van der Waals surface area contributed by atoms with E-state index in [2.05, 4.69) is 15.0 Å². The Morgan fingerprint density at radius 3 is 2.70 bits per heavy atom. The molecule has 0 saturated heterocycles. The summed E-state index contributed by atoms with van der Waals surface area (Å²) in [6.07, 6.45) is 1.74. The number of ether oxygens (including phenoxy) is 2. The number of pyridine rings is 1. The number of imidazole rings is 1. The first-order chi connectivity index (χ1) is 9.71. The van der Waals surface area contributed by atoms with Gasteiger partial charge in [0.25, 0.3) is 5.88 Å². The van der Waals surface area contributed by atoms with E-state index in [4.69, 9.17) is 15.2 Å². The highest BCUT2D eigenvalue weighted by Gasteiger charge is 2.09. The number of nitrogen functional groups attached to an aromatic ring is 1. The van der Waals surface area contributed by atoms with E-state index in [1.807, 2.05) is 24.3 Å². The zero-order chi connectivity index (χ0) is 14.1. The van der Waals surface area contributed by atoms with Crippen LogP contribution in [-0.2, 0) is 0 Å². The maximum atomic E-state index is 5.65. The monoisotopic (exact) mass is 270 g/mol. The molecule has 0 aliphatic carbocycles. The third kappa shape index (κ3) is 2.01. The molecule has 0 unspecified atom stereocenters. The van der Waals surface area contributed by atoms with Crippen molar-refractivity contribution in [3.05, 3.63) is 30.5 Å². The second kappa shape index (κ2) is 4.73. The molecule has 102 valence electrons. The van der Waals surface area contributed by atoms with Gasteiger partial charge in [-0.15, -0.1) is 0 Å². The van der Waals surface area contributed by atoms with Gasteiger partial charge >= 0.3 is 0 Å². The van der Waals surface area contributed by atoms with E-state index in [9.17, 15) is 0 Å². The van der Waals surface area contributed by atoms with Crippen molar-refractivity contribution < 1.29 is 9.47 Å². The van der Waals surface area contributed by atoms with Crippen molar-refractivity contribution in [2.45, 2.75) is 0 Å². The Kier molecular flexibility index (Phi) is 2.90. The van der Waals surface area contributed by atoms with E-state index < -0.39 is 0 Å². The highest BCUT2D eigenvalue weighted by Crippen LogP contribution is 2.30. The number of hydrogen-bond donors (Lipinski definition) is 2. The van der Waals surface area contributed by atoms with Crippen molar-refractivity contribution in [1.82, 2.24) is 15.0 Å². The number of nitrogens with zero attached hydrogens (tertiary/aromatic N) is 2. The van der Waals surface area contributed by atoms with Gasteiger partial charge in [-0.2, -0.15) is 0 Å². The minimum Gasteiger partial charge on any atom is -0.491 e. The maximum absolute atomic E-state index is 5.65. The summed E-state index contributed by atoms with van der Waals surface area (Å²) < 4.78 is 10.4. The molecule has 3 rings (SSSR count). The number of aromatic amines is 1. The third-order valence-electron chi connectivity index (χ3n) is 3.07. The van der Waals surface area contributed by atoms with Crippen molar-refractivity contribution in [1.29, 1.82) is 0 Å². The van der Waals surface area contributed by atoms with Crippen LogP contribution in [0.2, 0.25) is 0 Å². The van der Waals surface area contributed by atoms with Gasteiger partial charge in [-0.25, -0.2) is 9.97 Å². The van der Waals surface area contributed by atoms with E-state index in [0.29, 0.717) is 17.6 Å². The van der Waals surface area contributed by atoms with E-state index in [1.54, 1.807) is 20.4 Å². The Morgan fingerprint density at radius 2 is 1.95 bits per heavy atom. The van der Waals surface area contributed by atoms with Gasteiger partial charge in [-0.1, -0.05) is 6.07 Å². The largest absolute Gasteiger partial charge is 0.491 e. The number of aromatic nitrogens is 3. The molecule has 0 saturated carbocycles. The molecule has 0 aliphatic rings. The topological polar surface area (TPSA) is 86.0 Å². The fourth-order valence-corrected chi connectivity index (χ4v) is 2.10. The highest BCUT2D eigenvalue weighted by molar-refractivity contribution is 5.83. The first kappa shape index (κ1) is 12.3. The normalized spacial score (nSPS) is 10.7. The van der Waals surface area contributed by atoms with Crippen molar-refractivity contribution in [3.8, 4) is 22.8 Å². The number of H-pyrrole nitrogens is 1. The lowest BCUT2D eigenvalue weighted by atomic mass is 10.1. The van der Waals surface area contributed by atoms with Crippen molar-refractivity contribution in [2.24, 2.45) is 0 Å². The molecule has 0 spiro atoms. The molecular formula is C14H14N4O2. The summed E-state index contributed by atoms with van der Waals surface area (Å²) in [5.74, 6) is 1.46. The Morgan fingerprint density at radius 1 is 1.10 bits per heavy atom. The second-order valence-electron chi connectivity index (χ2n) is 4.29. The van der Waals surface area contributed by atoms with E-state index in [0.717, 1.165) is 22.2 Å². The van der Waals surface area contributed by atoms with Crippen molar-refractivity contribution in [3.63, 3.8) is 0 Å². The SMILES string of the molecule is COc1cc(-c2ccc3nc(N)[nH]c3c2)cnc1OC. The maximum Gasteiger partial charge on any atom is 0.256 e. The van der Waals surface area contributed by atoms with Gasteiger partial charge in [0.2, 0.25) is 0 Å². The molecule has 0 bridgehead atoms. The summed E-state index contributed by atoms with van der Waals surface area (Å²) in [6.45, 7) is 0. The molecule has 2 heterocycles. The fourth-order valence-electron chi connectivity index (χ4n) is 2.10. The van der Waals surface area contributed by atoms with Crippen LogP contribution in [0.1, 0.15) is 0 Å². The van der Waals surface area contributed by atoms with Gasteiger partial charge in [0, 0.05) is 11.8 Å². The molecule has 0 radical (unpaired) electrons. The van der Waals surface area contributed by atoms with Crippen molar-refractivity contribution in [2.75, 3.05) is 20.0 Å². The smallest absolute Gasteiger partial charge is 0.256 e. The number of rotatable bonds is 3. The molecule has 1 aromatic carbocycles. The fraction of sp³-hybridized carbons (Fsp3) is 0.143. The first-order valence-electron chi connectivity index (χ1n) is 6.05. The minimum absolute atomic E-state index is 0.405. The molecule has 3 N–H and O–H groups in total. The van der Waals surface area contributed by atoms with Crippen LogP contribution >= 0.6 is 0 Å². The molecule has 0 atom stereocenters. The number of nitrogens with two attached hydrogens (primary N) is 1. The molecule has 3 aromatic rings. The van der Waals surface area contributed by atoms with Gasteiger partial charge in [0.15, 0.2) is 11.7 Å². The molecular weight excluding hydrogens is 256 g/mol. The van der Waals surface area contributed by atoms with Crippen LogP contribution in [0, 0.1) is 0 Å². The summed E-state index contributed by atoms with van der Waals surface area (Å²) in [5.41, 5.74) is 9.29. The Hall–Kier alpha value is -2.76. The first-order valence-corrected chi connectivity index (χ1v) is 6.05. The van der Waals surface area contributed by atoms with Crippen LogP contribution in [0.5, 0.6) is 11.6 Å². The molecule has 0 fully saturated rings. The zero-order valence-corrected chi connectivity index (χ0v) is 11.2. The number of nitrogens with one attached hydrogen (secondary N) is 1. The summed E-state index contributed by atoms with van der Waals surface area (Å²) in [4.78, 5) is 11.4. The van der Waals surface area contributed by atoms with Gasteiger partial charge in [0.1, 0.15) is 0 Å². The average molecular weight is 270 g/mol. The molecule has 20 heavy (non-hydrogen) atoms. The highest BCUT2D eigenvalue weighted by atomic mass is 16.5. The predicted molar refractivity (Wildman–Crippen MR) is 76.8 cm³/mol. The molecule has 0 aliphatic heterocycles. The van der Waals surface area contributed by atoms with Crippen LogP contribution in [0.3, 0.4) is 0 Å². The molecule has 2 aromatic heterocycles. The Labute approximate surface area is 115 Å². The van der Waals surface area contributed by atoms with Crippen LogP contribution in [-0.4, -0.2) is 29.2 Å². The standard InChI is InChI=1S/C14H14N4O2/c1-19-12-6-9(7-16-13(12)20-2)8-3-4-10-11(5-8)18-14(15)17-10/h3-7H,1-2H3,(H3,15,17,18). The molecule has 0 amide bonds. The number of fused-ring (bicyclic) bond motifs is 1. The van der Waals surface area contributed by atoms with E-state index in [1.165, 1.54) is 0 Å². The minimum atomic E-state index is 0.405. The molecule has 6 heteroatoms. The lowest BCUT2D eigenvalue weighted by molar-refractivity contribution is 0.343. The lowest BCUT2D eigenvalue weighted by Gasteiger charge is -2.08. The van der Waals surface area contributed by atoms with Crippen LogP contribution < -0.4 is 15.2 Å². The van der Waals surface area contributed by atoms with Crippen molar-refractivity contribution >= 4 is 17.0 Å².